The van der Waals surface area contributed by atoms with E-state index >= 15 is 0 Å². The molecule has 8 heteroatoms. The van der Waals surface area contributed by atoms with Gasteiger partial charge < -0.3 is 25.8 Å². The number of amides is 2. The number of nitrogens with one attached hydrogen (secondary N) is 1. The fourth-order valence-electron chi connectivity index (χ4n) is 5.87. The van der Waals surface area contributed by atoms with Gasteiger partial charge in [-0.2, -0.15) is 0 Å². The fraction of sp³-hybridized carbons (Fsp3) is 0.394. The van der Waals surface area contributed by atoms with E-state index in [1.54, 1.807) is 0 Å². The largest absolute Gasteiger partial charge is 0.453 e. The molecule has 0 spiro atoms. The van der Waals surface area contributed by atoms with Crippen molar-refractivity contribution in [1.29, 1.82) is 0 Å². The second-order valence-electron chi connectivity index (χ2n) is 10.8. The second-order valence-corrected chi connectivity index (χ2v) is 11.2. The summed E-state index contributed by atoms with van der Waals surface area (Å²) in [5.74, 6) is -0.287. The minimum absolute atomic E-state index is 0.0475. The lowest BCUT2D eigenvalue weighted by molar-refractivity contribution is -0.0563. The summed E-state index contributed by atoms with van der Waals surface area (Å²) in [6.07, 6.45) is 2.66. The Morgan fingerprint density at radius 1 is 1.15 bits per heavy atom. The summed E-state index contributed by atoms with van der Waals surface area (Å²) in [4.78, 5) is 27.1. The number of aliphatic hydroxyl groups is 1. The van der Waals surface area contributed by atoms with Crippen LogP contribution in [-0.4, -0.2) is 55.3 Å². The first-order valence-corrected chi connectivity index (χ1v) is 14.6. The Hall–Kier alpha value is -3.39. The van der Waals surface area contributed by atoms with Gasteiger partial charge in [-0.05, 0) is 80.5 Å². The van der Waals surface area contributed by atoms with Crippen LogP contribution in [0.4, 0.5) is 4.79 Å². The predicted molar refractivity (Wildman–Crippen MR) is 163 cm³/mol. The monoisotopic (exact) mass is 577 g/mol. The quantitative estimate of drug-likeness (QED) is 0.268. The van der Waals surface area contributed by atoms with Crippen LogP contribution in [0.2, 0.25) is 5.02 Å². The van der Waals surface area contributed by atoms with Crippen molar-refractivity contribution in [3.63, 3.8) is 0 Å². The molecule has 0 radical (unpaired) electrons. The van der Waals surface area contributed by atoms with E-state index in [-0.39, 0.29) is 11.8 Å². The number of halogens is 1. The van der Waals surface area contributed by atoms with Gasteiger partial charge in [-0.15, -0.1) is 0 Å². The molecule has 41 heavy (non-hydrogen) atoms. The molecule has 2 atom stereocenters. The third-order valence-corrected chi connectivity index (χ3v) is 8.31. The molecular formula is C33H40ClN3O4. The number of hydrogen-bond acceptors (Lipinski definition) is 5. The lowest BCUT2D eigenvalue weighted by Gasteiger charge is -2.44. The van der Waals surface area contributed by atoms with Crippen LogP contribution in [0, 0.1) is 12.8 Å². The van der Waals surface area contributed by atoms with Crippen molar-refractivity contribution in [1.82, 2.24) is 10.2 Å². The maximum Gasteiger partial charge on any atom is 0.406 e. The molecule has 1 aliphatic rings. The van der Waals surface area contributed by atoms with E-state index in [2.05, 4.69) is 11.4 Å². The van der Waals surface area contributed by atoms with Crippen LogP contribution in [0.25, 0.3) is 11.1 Å². The zero-order valence-corrected chi connectivity index (χ0v) is 24.6. The Bertz CT molecular complexity index is 1350. The SMILES string of the molecule is COC(=O)NCCCC(O)(c1cccc(Cl)c1-c1cccc(C)c1)C1CCCN(C(=O)c2ccc(CCN)cc2)C1. The summed E-state index contributed by atoms with van der Waals surface area (Å²) >= 11 is 6.82. The smallest absolute Gasteiger partial charge is 0.406 e. The van der Waals surface area contributed by atoms with E-state index in [9.17, 15) is 14.7 Å². The van der Waals surface area contributed by atoms with E-state index in [0.717, 1.165) is 47.1 Å². The van der Waals surface area contributed by atoms with Crippen molar-refractivity contribution in [2.75, 3.05) is 33.3 Å². The lowest BCUT2D eigenvalue weighted by Crippen LogP contribution is -2.48. The molecule has 3 aromatic rings. The lowest BCUT2D eigenvalue weighted by atomic mass is 9.72. The van der Waals surface area contributed by atoms with Crippen molar-refractivity contribution in [2.45, 2.75) is 44.6 Å². The van der Waals surface area contributed by atoms with Crippen molar-refractivity contribution < 1.29 is 19.4 Å². The van der Waals surface area contributed by atoms with Crippen molar-refractivity contribution in [3.05, 3.63) is 94.0 Å². The summed E-state index contributed by atoms with van der Waals surface area (Å²) < 4.78 is 4.71. The molecule has 3 aromatic carbocycles. The van der Waals surface area contributed by atoms with Crippen LogP contribution in [-0.2, 0) is 16.8 Å². The number of carbonyl (C=O) groups excluding carboxylic acids is 2. The minimum atomic E-state index is -1.30. The molecule has 1 saturated heterocycles. The molecule has 1 heterocycles. The highest BCUT2D eigenvalue weighted by Gasteiger charge is 2.43. The Balaban J connectivity index is 1.67. The number of rotatable bonds is 10. The molecule has 4 N–H and O–H groups in total. The van der Waals surface area contributed by atoms with Crippen LogP contribution in [0.15, 0.2) is 66.7 Å². The van der Waals surface area contributed by atoms with Gasteiger partial charge in [0, 0.05) is 41.7 Å². The van der Waals surface area contributed by atoms with Crippen molar-refractivity contribution >= 4 is 23.6 Å². The number of aryl methyl sites for hydroxylation is 1. The Morgan fingerprint density at radius 2 is 1.90 bits per heavy atom. The predicted octanol–water partition coefficient (Wildman–Crippen LogP) is 5.69. The van der Waals surface area contributed by atoms with E-state index in [0.29, 0.717) is 49.6 Å². The number of piperidine rings is 1. The highest BCUT2D eigenvalue weighted by atomic mass is 35.5. The first-order valence-electron chi connectivity index (χ1n) is 14.3. The van der Waals surface area contributed by atoms with Gasteiger partial charge in [0.1, 0.15) is 0 Å². The Morgan fingerprint density at radius 3 is 2.61 bits per heavy atom. The number of ether oxygens (including phenoxy) is 1. The number of carbonyl (C=O) groups is 2. The van der Waals surface area contributed by atoms with Crippen LogP contribution >= 0.6 is 11.6 Å². The van der Waals surface area contributed by atoms with Crippen molar-refractivity contribution in [2.24, 2.45) is 11.7 Å². The number of hydrogen-bond donors (Lipinski definition) is 3. The Labute approximate surface area is 247 Å². The number of nitrogens with zero attached hydrogens (tertiary/aromatic N) is 1. The molecule has 0 bridgehead atoms. The molecule has 4 rings (SSSR count). The average molecular weight is 578 g/mol. The first kappa shape index (κ1) is 30.6. The van der Waals surface area contributed by atoms with E-state index in [4.69, 9.17) is 22.1 Å². The van der Waals surface area contributed by atoms with Gasteiger partial charge in [-0.3, -0.25) is 4.79 Å². The van der Waals surface area contributed by atoms with Crippen molar-refractivity contribution in [3.8, 4) is 11.1 Å². The van der Waals surface area contributed by atoms with Gasteiger partial charge in [0.05, 0.1) is 12.7 Å². The number of likely N-dealkylation sites (tertiary alicyclic amines) is 1. The number of nitrogens with two attached hydrogens (primary N) is 1. The van der Waals surface area contributed by atoms with Crippen LogP contribution < -0.4 is 11.1 Å². The molecule has 0 aliphatic carbocycles. The van der Waals surface area contributed by atoms with Gasteiger partial charge in [0.15, 0.2) is 0 Å². The summed E-state index contributed by atoms with van der Waals surface area (Å²) in [5, 5.41) is 16.0. The summed E-state index contributed by atoms with van der Waals surface area (Å²) in [6, 6.07) is 21.3. The zero-order valence-electron chi connectivity index (χ0n) is 23.9. The maximum absolute atomic E-state index is 13.6. The topological polar surface area (TPSA) is 105 Å². The number of alkyl carbamates (subject to hydrolysis) is 1. The second kappa shape index (κ2) is 14.0. The first-order chi connectivity index (χ1) is 19.8. The maximum atomic E-state index is 13.6. The summed E-state index contributed by atoms with van der Waals surface area (Å²) in [5.41, 5.74) is 9.64. The van der Waals surface area contributed by atoms with Gasteiger partial charge >= 0.3 is 6.09 Å². The molecular weight excluding hydrogens is 538 g/mol. The molecule has 218 valence electrons. The molecule has 7 nitrogen and oxygen atoms in total. The zero-order chi connectivity index (χ0) is 29.4. The Kier molecular flexibility index (Phi) is 10.4. The van der Waals surface area contributed by atoms with Crippen LogP contribution in [0.5, 0.6) is 0 Å². The molecule has 0 aromatic heterocycles. The fourth-order valence-corrected chi connectivity index (χ4v) is 6.16. The third kappa shape index (κ3) is 7.28. The standard InChI is InChI=1S/C33H40ClN3O4/c1-23-7-3-8-26(21-23)30-28(10-4-11-29(30)34)33(40,17-6-19-36-32(39)41-2)27-9-5-20-37(22-27)31(38)25-14-12-24(13-15-25)16-18-35/h3-4,7-8,10-15,21,27,40H,5-6,9,16-20,22,35H2,1-2H3,(H,36,39). The highest BCUT2D eigenvalue weighted by molar-refractivity contribution is 6.33. The molecule has 2 unspecified atom stereocenters. The number of benzene rings is 3. The van der Waals surface area contributed by atoms with Crippen LogP contribution in [0.1, 0.15) is 52.7 Å². The van der Waals surface area contributed by atoms with E-state index < -0.39 is 11.7 Å². The third-order valence-electron chi connectivity index (χ3n) is 7.99. The van der Waals surface area contributed by atoms with E-state index in [1.165, 1.54) is 7.11 Å². The van der Waals surface area contributed by atoms with Gasteiger partial charge in [0.25, 0.3) is 5.91 Å². The average Bonchev–Trinajstić information content (AvgIpc) is 2.99. The van der Waals surface area contributed by atoms with Gasteiger partial charge in [-0.25, -0.2) is 4.79 Å². The minimum Gasteiger partial charge on any atom is -0.453 e. The molecule has 2 amide bonds. The van der Waals surface area contributed by atoms with Gasteiger partial charge in [-0.1, -0.05) is 65.7 Å². The summed E-state index contributed by atoms with van der Waals surface area (Å²) in [7, 11) is 1.32. The highest BCUT2D eigenvalue weighted by Crippen LogP contribution is 2.45. The molecule has 0 saturated carbocycles. The van der Waals surface area contributed by atoms with Gasteiger partial charge in [0.2, 0.25) is 0 Å². The number of methoxy groups -OCH3 is 1. The molecule has 1 fully saturated rings. The molecule has 1 aliphatic heterocycles. The summed E-state index contributed by atoms with van der Waals surface area (Å²) in [6.45, 7) is 3.96. The van der Waals surface area contributed by atoms with E-state index in [1.807, 2.05) is 72.5 Å². The van der Waals surface area contributed by atoms with Crippen LogP contribution in [0.3, 0.4) is 0 Å². The normalized spacial score (nSPS) is 16.6.